The van der Waals surface area contributed by atoms with Gasteiger partial charge in [0.1, 0.15) is 0 Å². The summed E-state index contributed by atoms with van der Waals surface area (Å²) >= 11 is 0. The van der Waals surface area contributed by atoms with Crippen LogP contribution in [0.1, 0.15) is 39.0 Å². The Hall–Kier alpha value is -2.80. The van der Waals surface area contributed by atoms with E-state index in [1.54, 1.807) is 20.8 Å². The van der Waals surface area contributed by atoms with Crippen LogP contribution in [-0.4, -0.2) is 52.1 Å². The van der Waals surface area contributed by atoms with Gasteiger partial charge in [-0.25, -0.2) is 13.4 Å². The lowest BCUT2D eigenvalue weighted by Gasteiger charge is -2.27. The van der Waals surface area contributed by atoms with Crippen LogP contribution in [0.4, 0.5) is 13.2 Å². The van der Waals surface area contributed by atoms with Crippen LogP contribution in [0.15, 0.2) is 44.8 Å². The molecular weight excluding hydrogens is 451 g/mol. The van der Waals surface area contributed by atoms with Crippen molar-refractivity contribution in [2.24, 2.45) is 0 Å². The summed E-state index contributed by atoms with van der Waals surface area (Å²) in [7, 11) is -4.36. The van der Waals surface area contributed by atoms with E-state index in [9.17, 15) is 21.6 Å². The minimum absolute atomic E-state index is 0.0441. The molecule has 1 aliphatic heterocycles. The van der Waals surface area contributed by atoms with Gasteiger partial charge in [0.15, 0.2) is 5.41 Å². The Kier molecular flexibility index (Phi) is 5.16. The number of rotatable bonds is 4. The average Bonchev–Trinajstić information content (AvgIpc) is 3.46. The lowest BCUT2D eigenvalue weighted by Crippen LogP contribution is -2.45. The minimum atomic E-state index is -4.84. The predicted molar refractivity (Wildman–Crippen MR) is 104 cm³/mol. The van der Waals surface area contributed by atoms with Crippen molar-refractivity contribution < 1.29 is 30.5 Å². The molecule has 1 saturated heterocycles. The van der Waals surface area contributed by atoms with Gasteiger partial charge in [0.05, 0.1) is 6.20 Å². The Morgan fingerprint density at radius 2 is 1.84 bits per heavy atom. The third-order valence-corrected chi connectivity index (χ3v) is 6.96. The van der Waals surface area contributed by atoms with E-state index in [1.807, 2.05) is 0 Å². The molecule has 0 aromatic carbocycles. The van der Waals surface area contributed by atoms with E-state index < -0.39 is 57.5 Å². The molecule has 4 heterocycles. The monoisotopic (exact) mass is 471 g/mol. The first-order chi connectivity index (χ1) is 14.8. The summed E-state index contributed by atoms with van der Waals surface area (Å²) in [5.74, 6) is -0.573. The summed E-state index contributed by atoms with van der Waals surface area (Å²) in [5.41, 5.74) is -2.79. The quantitative estimate of drug-likeness (QED) is 0.569. The third kappa shape index (κ3) is 3.68. The molecular formula is C19H20F3N5O4S. The van der Waals surface area contributed by atoms with E-state index in [0.29, 0.717) is 9.87 Å². The van der Waals surface area contributed by atoms with Crippen molar-refractivity contribution in [3.63, 3.8) is 0 Å². The van der Waals surface area contributed by atoms with Gasteiger partial charge in [0, 0.05) is 36.5 Å². The number of alkyl halides is 3. The number of pyridine rings is 1. The number of aromatic nitrogens is 4. The average molecular weight is 471 g/mol. The highest BCUT2D eigenvalue weighted by atomic mass is 32.2. The van der Waals surface area contributed by atoms with Crippen molar-refractivity contribution in [1.29, 1.82) is 0 Å². The van der Waals surface area contributed by atoms with Crippen LogP contribution in [0.3, 0.4) is 0 Å². The Balaban J connectivity index is 1.68. The fourth-order valence-electron chi connectivity index (χ4n) is 3.40. The van der Waals surface area contributed by atoms with Gasteiger partial charge in [-0.2, -0.15) is 22.5 Å². The largest absolute Gasteiger partial charge is 0.427 e. The maximum absolute atomic E-state index is 14.2. The van der Waals surface area contributed by atoms with Gasteiger partial charge in [-0.1, -0.05) is 25.9 Å². The van der Waals surface area contributed by atoms with E-state index in [1.165, 1.54) is 24.5 Å². The molecule has 9 nitrogen and oxygen atoms in total. The highest BCUT2D eigenvalue weighted by molar-refractivity contribution is 7.89. The Labute approximate surface area is 181 Å². The van der Waals surface area contributed by atoms with Gasteiger partial charge in [0.25, 0.3) is 15.1 Å². The first-order valence-corrected chi connectivity index (χ1v) is 11.1. The fourth-order valence-corrected chi connectivity index (χ4v) is 4.74. The van der Waals surface area contributed by atoms with Crippen molar-refractivity contribution in [1.82, 2.24) is 24.4 Å². The molecule has 13 heteroatoms. The van der Waals surface area contributed by atoms with Gasteiger partial charge in [-0.3, -0.25) is 4.98 Å². The molecule has 1 atom stereocenters. The second-order valence-electron chi connectivity index (χ2n) is 8.56. The second-order valence-corrected chi connectivity index (χ2v) is 10.4. The fraction of sp³-hybridized carbons (Fsp3) is 0.474. The zero-order valence-corrected chi connectivity index (χ0v) is 18.2. The predicted octanol–water partition coefficient (Wildman–Crippen LogP) is 3.31. The van der Waals surface area contributed by atoms with E-state index >= 15 is 0 Å². The van der Waals surface area contributed by atoms with Crippen molar-refractivity contribution in [3.05, 3.63) is 42.5 Å². The van der Waals surface area contributed by atoms with Crippen LogP contribution >= 0.6 is 0 Å². The lowest BCUT2D eigenvalue weighted by molar-refractivity contribution is -0.192. The molecule has 0 aliphatic carbocycles. The molecule has 3 aromatic rings. The number of nitrogens with zero attached hydrogens (tertiary/aromatic N) is 5. The first-order valence-electron chi connectivity index (χ1n) is 9.62. The van der Waals surface area contributed by atoms with E-state index in [4.69, 9.17) is 8.94 Å². The van der Waals surface area contributed by atoms with Gasteiger partial charge in [-0.05, 0) is 18.6 Å². The molecule has 3 aromatic heterocycles. The summed E-state index contributed by atoms with van der Waals surface area (Å²) in [4.78, 5) is 11.7. The van der Waals surface area contributed by atoms with Crippen LogP contribution in [0.2, 0.25) is 0 Å². The van der Waals surface area contributed by atoms with Gasteiger partial charge in [0.2, 0.25) is 17.6 Å². The third-order valence-electron chi connectivity index (χ3n) is 5.27. The Morgan fingerprint density at radius 3 is 2.44 bits per heavy atom. The molecule has 172 valence electrons. The smallest absolute Gasteiger partial charge is 0.404 e. The maximum atomic E-state index is 14.2. The van der Waals surface area contributed by atoms with Crippen LogP contribution in [0.25, 0.3) is 11.4 Å². The molecule has 4 rings (SSSR count). The van der Waals surface area contributed by atoms with Crippen molar-refractivity contribution in [2.75, 3.05) is 13.1 Å². The molecule has 0 spiro atoms. The number of halogens is 3. The minimum Gasteiger partial charge on any atom is -0.427 e. The van der Waals surface area contributed by atoms with Crippen molar-refractivity contribution in [2.45, 2.75) is 49.3 Å². The van der Waals surface area contributed by atoms with Gasteiger partial charge >= 0.3 is 6.18 Å². The SMILES string of the molecule is CC(C)(C)c1ncc(S(=O)(=O)N2CCC(c3nc(-c4ccncc4)no3)(C(F)(F)F)C2)o1. The molecule has 1 aliphatic rings. The number of oxazole rings is 1. The normalized spacial score (nSPS) is 20.7. The summed E-state index contributed by atoms with van der Waals surface area (Å²) in [6, 6.07) is 3.05. The molecule has 0 N–H and O–H groups in total. The standard InChI is InChI=1S/C19H20F3N5O4S/c1-17(2,3)15-24-10-13(30-15)32(28,29)27-9-6-18(11-27,19(20,21)22)16-25-14(26-31-16)12-4-7-23-8-5-12/h4-5,7-8,10H,6,9,11H2,1-3H3. The summed E-state index contributed by atoms with van der Waals surface area (Å²) in [5, 5.41) is 3.14. The molecule has 0 saturated carbocycles. The van der Waals surface area contributed by atoms with Crippen molar-refractivity contribution >= 4 is 10.0 Å². The number of hydrogen-bond acceptors (Lipinski definition) is 8. The molecule has 0 amide bonds. The zero-order valence-electron chi connectivity index (χ0n) is 17.4. The van der Waals surface area contributed by atoms with Crippen LogP contribution < -0.4 is 0 Å². The number of hydrogen-bond donors (Lipinski definition) is 0. The topological polar surface area (TPSA) is 115 Å². The second kappa shape index (κ2) is 7.37. The molecule has 0 bridgehead atoms. The highest BCUT2D eigenvalue weighted by Gasteiger charge is 2.64. The molecule has 1 fully saturated rings. The van der Waals surface area contributed by atoms with Gasteiger partial charge < -0.3 is 8.94 Å². The summed E-state index contributed by atoms with van der Waals surface area (Å²) < 4.78 is 79.8. The van der Waals surface area contributed by atoms with E-state index in [2.05, 4.69) is 20.1 Å². The highest BCUT2D eigenvalue weighted by Crippen LogP contribution is 2.48. The number of sulfonamides is 1. The Morgan fingerprint density at radius 1 is 1.16 bits per heavy atom. The molecule has 32 heavy (non-hydrogen) atoms. The first kappa shape index (κ1) is 22.4. The summed E-state index contributed by atoms with van der Waals surface area (Å²) in [6.45, 7) is 4.00. The van der Waals surface area contributed by atoms with Crippen LogP contribution in [-0.2, 0) is 20.9 Å². The maximum Gasteiger partial charge on any atom is 0.404 e. The Bertz CT molecular complexity index is 1220. The summed E-state index contributed by atoms with van der Waals surface area (Å²) in [6.07, 6.45) is -1.51. The van der Waals surface area contributed by atoms with Crippen LogP contribution in [0.5, 0.6) is 0 Å². The zero-order chi connectivity index (χ0) is 23.4. The van der Waals surface area contributed by atoms with Gasteiger partial charge in [-0.15, -0.1) is 0 Å². The van der Waals surface area contributed by atoms with Crippen molar-refractivity contribution in [3.8, 4) is 11.4 Å². The lowest BCUT2D eigenvalue weighted by atomic mass is 9.86. The van der Waals surface area contributed by atoms with E-state index in [0.717, 1.165) is 6.20 Å². The molecule has 0 radical (unpaired) electrons. The van der Waals surface area contributed by atoms with E-state index in [-0.39, 0.29) is 11.7 Å². The molecule has 1 unspecified atom stereocenters. The van der Waals surface area contributed by atoms with Crippen LogP contribution in [0, 0.1) is 0 Å².